The second kappa shape index (κ2) is 4.43. The van der Waals surface area contributed by atoms with E-state index in [9.17, 15) is 0 Å². The summed E-state index contributed by atoms with van der Waals surface area (Å²) in [6.07, 6.45) is 0.838. The van der Waals surface area contributed by atoms with Gasteiger partial charge in [-0.3, -0.25) is 5.32 Å². The van der Waals surface area contributed by atoms with E-state index in [1.807, 2.05) is 39.3 Å². The Bertz CT molecular complexity index is 407. The quantitative estimate of drug-likeness (QED) is 0.678. The Balaban J connectivity index is 2.14. The standard InChI is InChI=1S/C12H20N4O/c1-14-12(6-7-16(2)3)15-10-8-9(13)4-5-11(10)17-12/h4-5,8,14-15H,6-7,13H2,1-3H3. The van der Waals surface area contributed by atoms with Gasteiger partial charge in [0.25, 0.3) is 0 Å². The first kappa shape index (κ1) is 12.0. The van der Waals surface area contributed by atoms with Crippen LogP contribution in [0.4, 0.5) is 11.4 Å². The molecule has 0 saturated heterocycles. The zero-order chi connectivity index (χ0) is 12.5. The van der Waals surface area contributed by atoms with Crippen LogP contribution in [0.1, 0.15) is 6.42 Å². The van der Waals surface area contributed by atoms with E-state index in [0.29, 0.717) is 0 Å². The molecule has 4 N–H and O–H groups in total. The molecule has 0 spiro atoms. The average molecular weight is 236 g/mol. The van der Waals surface area contributed by atoms with Crippen molar-refractivity contribution in [3.63, 3.8) is 0 Å². The van der Waals surface area contributed by atoms with E-state index >= 15 is 0 Å². The van der Waals surface area contributed by atoms with Gasteiger partial charge in [0.15, 0.2) is 0 Å². The van der Waals surface area contributed by atoms with Crippen molar-refractivity contribution in [2.24, 2.45) is 0 Å². The van der Waals surface area contributed by atoms with E-state index in [1.54, 1.807) is 0 Å². The van der Waals surface area contributed by atoms with Crippen LogP contribution in [0, 0.1) is 0 Å². The van der Waals surface area contributed by atoms with Gasteiger partial charge in [0, 0.05) is 18.7 Å². The Hall–Kier alpha value is -1.46. The number of ether oxygens (including phenoxy) is 1. The SMILES string of the molecule is CNC1(CCN(C)C)Nc2cc(N)ccc2O1. The van der Waals surface area contributed by atoms with Gasteiger partial charge in [-0.2, -0.15) is 0 Å². The maximum absolute atomic E-state index is 5.94. The first-order valence-electron chi connectivity index (χ1n) is 5.75. The Labute approximate surface area is 102 Å². The lowest BCUT2D eigenvalue weighted by Gasteiger charge is -2.29. The summed E-state index contributed by atoms with van der Waals surface area (Å²) in [6, 6.07) is 5.63. The number of nitrogens with one attached hydrogen (secondary N) is 2. The molecule has 0 aliphatic carbocycles. The van der Waals surface area contributed by atoms with Crippen LogP contribution in [0.3, 0.4) is 0 Å². The van der Waals surface area contributed by atoms with Crippen molar-refractivity contribution in [2.45, 2.75) is 12.3 Å². The van der Waals surface area contributed by atoms with E-state index in [0.717, 1.165) is 30.1 Å². The summed E-state index contributed by atoms with van der Waals surface area (Å²) >= 11 is 0. The molecule has 1 aromatic rings. The van der Waals surface area contributed by atoms with Gasteiger partial charge in [0.1, 0.15) is 5.75 Å². The summed E-state index contributed by atoms with van der Waals surface area (Å²) in [5, 5.41) is 6.55. The molecule has 5 heteroatoms. The first-order valence-corrected chi connectivity index (χ1v) is 5.75. The molecule has 0 aromatic heterocycles. The highest BCUT2D eigenvalue weighted by atomic mass is 16.5. The molecule has 1 aliphatic rings. The lowest BCUT2D eigenvalue weighted by molar-refractivity contribution is 0.0702. The lowest BCUT2D eigenvalue weighted by atomic mass is 10.2. The summed E-state index contributed by atoms with van der Waals surface area (Å²) < 4.78 is 5.94. The van der Waals surface area contributed by atoms with Crippen molar-refractivity contribution < 1.29 is 4.74 Å². The predicted molar refractivity (Wildman–Crippen MR) is 70.1 cm³/mol. The molecule has 0 fully saturated rings. The molecule has 5 nitrogen and oxygen atoms in total. The molecule has 94 valence electrons. The minimum Gasteiger partial charge on any atom is -0.453 e. The van der Waals surface area contributed by atoms with Crippen molar-refractivity contribution in [2.75, 3.05) is 38.7 Å². The van der Waals surface area contributed by atoms with Gasteiger partial charge in [-0.1, -0.05) is 0 Å². The van der Waals surface area contributed by atoms with Crippen molar-refractivity contribution in [3.8, 4) is 5.75 Å². The number of anilines is 2. The number of rotatable bonds is 4. The molecule has 1 heterocycles. The summed E-state index contributed by atoms with van der Waals surface area (Å²) in [4.78, 5) is 2.13. The summed E-state index contributed by atoms with van der Waals surface area (Å²) in [6.45, 7) is 0.928. The third-order valence-electron chi connectivity index (χ3n) is 2.94. The van der Waals surface area contributed by atoms with Crippen LogP contribution in [-0.4, -0.2) is 38.4 Å². The van der Waals surface area contributed by atoms with Gasteiger partial charge in [-0.15, -0.1) is 0 Å². The second-order valence-corrected chi connectivity index (χ2v) is 4.61. The molecule has 1 aromatic carbocycles. The normalized spacial score (nSPS) is 22.1. The molecule has 0 radical (unpaired) electrons. The molecule has 2 rings (SSSR count). The fourth-order valence-electron chi connectivity index (χ4n) is 1.90. The molecule has 1 aliphatic heterocycles. The van der Waals surface area contributed by atoms with Gasteiger partial charge in [-0.25, -0.2) is 0 Å². The lowest BCUT2D eigenvalue weighted by Crippen LogP contribution is -2.53. The number of hydrogen-bond donors (Lipinski definition) is 3. The van der Waals surface area contributed by atoms with Crippen LogP contribution in [0.25, 0.3) is 0 Å². The molecule has 0 amide bonds. The summed E-state index contributed by atoms with van der Waals surface area (Å²) in [7, 11) is 5.98. The molecule has 0 bridgehead atoms. The van der Waals surface area contributed by atoms with Crippen molar-refractivity contribution >= 4 is 11.4 Å². The molecular weight excluding hydrogens is 216 g/mol. The maximum atomic E-state index is 5.94. The molecule has 0 saturated carbocycles. The van der Waals surface area contributed by atoms with Crippen LogP contribution in [0.5, 0.6) is 5.75 Å². The third kappa shape index (κ3) is 2.45. The zero-order valence-electron chi connectivity index (χ0n) is 10.6. The Morgan fingerprint density at radius 3 is 2.88 bits per heavy atom. The zero-order valence-corrected chi connectivity index (χ0v) is 10.6. The minimum absolute atomic E-state index is 0.527. The Morgan fingerprint density at radius 2 is 2.24 bits per heavy atom. The number of nitrogen functional groups attached to an aromatic ring is 1. The molecular formula is C12H20N4O. The van der Waals surface area contributed by atoms with Crippen molar-refractivity contribution in [3.05, 3.63) is 18.2 Å². The van der Waals surface area contributed by atoms with Crippen molar-refractivity contribution in [1.82, 2.24) is 10.2 Å². The Kier molecular flexibility index (Phi) is 3.13. The molecule has 17 heavy (non-hydrogen) atoms. The highest BCUT2D eigenvalue weighted by Crippen LogP contribution is 2.37. The van der Waals surface area contributed by atoms with Gasteiger partial charge < -0.3 is 20.7 Å². The monoisotopic (exact) mass is 236 g/mol. The summed E-state index contributed by atoms with van der Waals surface area (Å²) in [5.74, 6) is 0.313. The van der Waals surface area contributed by atoms with Crippen LogP contribution in [-0.2, 0) is 0 Å². The largest absolute Gasteiger partial charge is 0.453 e. The smallest absolute Gasteiger partial charge is 0.239 e. The second-order valence-electron chi connectivity index (χ2n) is 4.61. The van der Waals surface area contributed by atoms with E-state index in [4.69, 9.17) is 10.5 Å². The Morgan fingerprint density at radius 1 is 1.47 bits per heavy atom. The van der Waals surface area contributed by atoms with Gasteiger partial charge in [-0.05, 0) is 39.3 Å². The topological polar surface area (TPSA) is 62.5 Å². The fourth-order valence-corrected chi connectivity index (χ4v) is 1.90. The number of fused-ring (bicyclic) bond motifs is 1. The van der Waals surface area contributed by atoms with Gasteiger partial charge in [0.05, 0.1) is 5.69 Å². The average Bonchev–Trinajstić information content (AvgIpc) is 2.65. The fraction of sp³-hybridized carbons (Fsp3) is 0.500. The van der Waals surface area contributed by atoms with Crippen LogP contribution < -0.4 is 21.1 Å². The third-order valence-corrected chi connectivity index (χ3v) is 2.94. The highest BCUT2D eigenvalue weighted by Gasteiger charge is 2.37. The predicted octanol–water partition coefficient (Wildman–Crippen LogP) is 0.898. The van der Waals surface area contributed by atoms with Crippen LogP contribution in [0.15, 0.2) is 18.2 Å². The van der Waals surface area contributed by atoms with E-state index < -0.39 is 5.85 Å². The number of nitrogens with two attached hydrogens (primary N) is 1. The van der Waals surface area contributed by atoms with Crippen molar-refractivity contribution in [1.29, 1.82) is 0 Å². The first-order chi connectivity index (χ1) is 8.04. The summed E-state index contributed by atoms with van der Waals surface area (Å²) in [5.41, 5.74) is 7.44. The van der Waals surface area contributed by atoms with Crippen LogP contribution >= 0.6 is 0 Å². The van der Waals surface area contributed by atoms with E-state index in [2.05, 4.69) is 15.5 Å². The van der Waals surface area contributed by atoms with Gasteiger partial charge >= 0.3 is 0 Å². The van der Waals surface area contributed by atoms with E-state index in [1.165, 1.54) is 0 Å². The number of hydrogen-bond acceptors (Lipinski definition) is 5. The molecule has 1 atom stereocenters. The molecule has 1 unspecified atom stereocenters. The van der Waals surface area contributed by atoms with Crippen LogP contribution in [0.2, 0.25) is 0 Å². The minimum atomic E-state index is -0.527. The van der Waals surface area contributed by atoms with Gasteiger partial charge in [0.2, 0.25) is 5.85 Å². The number of benzene rings is 1. The maximum Gasteiger partial charge on any atom is 0.239 e. The highest BCUT2D eigenvalue weighted by molar-refractivity contribution is 5.67. The van der Waals surface area contributed by atoms with E-state index in [-0.39, 0.29) is 0 Å². The number of nitrogens with zero attached hydrogens (tertiary/aromatic N) is 1.